The van der Waals surface area contributed by atoms with Crippen molar-refractivity contribution >= 4 is 38.6 Å². The van der Waals surface area contributed by atoms with Gasteiger partial charge in [-0.05, 0) is 42.2 Å². The van der Waals surface area contributed by atoms with E-state index in [1.165, 1.54) is 4.90 Å². The lowest BCUT2D eigenvalue weighted by Gasteiger charge is -2.15. The Morgan fingerprint density at radius 2 is 1.92 bits per heavy atom. The minimum absolute atomic E-state index is 0.0418. The van der Waals surface area contributed by atoms with E-state index in [-0.39, 0.29) is 17.7 Å². The molecule has 1 saturated heterocycles. The molecule has 0 spiro atoms. The Bertz CT molecular complexity index is 965. The predicted octanol–water partition coefficient (Wildman–Crippen LogP) is 4.09. The third-order valence-electron chi connectivity index (χ3n) is 5.00. The summed E-state index contributed by atoms with van der Waals surface area (Å²) in [5.74, 6) is -0.334. The van der Waals surface area contributed by atoms with Gasteiger partial charge in [0, 0.05) is 34.5 Å². The first kappa shape index (κ1) is 17.0. The molecule has 1 aromatic heterocycles. The lowest BCUT2D eigenvalue weighted by atomic mass is 9.98. The SMILES string of the molecule is O=C1CC(Cc2ccccc2)C(=O)N1CCc1c[nH]c2ccc(Br)cc12. The molecule has 4 rings (SSSR count). The van der Waals surface area contributed by atoms with Crippen LogP contribution >= 0.6 is 15.9 Å². The average molecular weight is 411 g/mol. The maximum Gasteiger partial charge on any atom is 0.233 e. The Morgan fingerprint density at radius 3 is 2.73 bits per heavy atom. The molecule has 1 N–H and O–H groups in total. The van der Waals surface area contributed by atoms with Crippen LogP contribution in [-0.2, 0) is 22.4 Å². The molecule has 3 aromatic rings. The summed E-state index contributed by atoms with van der Waals surface area (Å²) in [6, 6.07) is 16.0. The van der Waals surface area contributed by atoms with Crippen LogP contribution in [0.1, 0.15) is 17.5 Å². The molecule has 0 saturated carbocycles. The summed E-state index contributed by atoms with van der Waals surface area (Å²) in [6.45, 7) is 0.433. The van der Waals surface area contributed by atoms with E-state index in [0.717, 1.165) is 26.5 Å². The van der Waals surface area contributed by atoms with E-state index in [0.29, 0.717) is 25.8 Å². The van der Waals surface area contributed by atoms with Crippen LogP contribution in [0.3, 0.4) is 0 Å². The van der Waals surface area contributed by atoms with Gasteiger partial charge in [0.2, 0.25) is 11.8 Å². The summed E-state index contributed by atoms with van der Waals surface area (Å²) in [4.78, 5) is 29.7. The second-order valence-electron chi connectivity index (χ2n) is 6.73. The number of H-pyrrole nitrogens is 1. The summed E-state index contributed by atoms with van der Waals surface area (Å²) in [5, 5.41) is 1.12. The first-order valence-electron chi connectivity index (χ1n) is 8.75. The summed E-state index contributed by atoms with van der Waals surface area (Å²) < 4.78 is 1.02. The number of aromatic nitrogens is 1. The van der Waals surface area contributed by atoms with Crippen molar-refractivity contribution in [3.63, 3.8) is 0 Å². The highest BCUT2D eigenvalue weighted by atomic mass is 79.9. The standard InChI is InChI=1S/C21H19BrN2O2/c22-17-6-7-19-18(12-17)15(13-23-19)8-9-24-20(25)11-16(21(24)26)10-14-4-2-1-3-5-14/h1-7,12-13,16,23H,8-11H2. The number of nitrogens with zero attached hydrogens (tertiary/aromatic N) is 1. The van der Waals surface area contributed by atoms with Gasteiger partial charge in [-0.2, -0.15) is 0 Å². The summed E-state index contributed by atoms with van der Waals surface area (Å²) in [6.07, 6.45) is 3.56. The van der Waals surface area contributed by atoms with E-state index in [1.54, 1.807) is 0 Å². The number of halogens is 1. The highest BCUT2D eigenvalue weighted by Crippen LogP contribution is 2.26. The molecule has 1 fully saturated rings. The summed E-state index contributed by atoms with van der Waals surface area (Å²) >= 11 is 3.49. The highest BCUT2D eigenvalue weighted by Gasteiger charge is 2.37. The molecule has 1 aliphatic heterocycles. The van der Waals surface area contributed by atoms with Gasteiger partial charge in [0.1, 0.15) is 0 Å². The first-order valence-corrected chi connectivity index (χ1v) is 9.55. The highest BCUT2D eigenvalue weighted by molar-refractivity contribution is 9.10. The topological polar surface area (TPSA) is 53.2 Å². The largest absolute Gasteiger partial charge is 0.361 e. The van der Waals surface area contributed by atoms with E-state index < -0.39 is 0 Å². The Labute approximate surface area is 160 Å². The number of hydrogen-bond acceptors (Lipinski definition) is 2. The van der Waals surface area contributed by atoms with Crippen LogP contribution < -0.4 is 0 Å². The van der Waals surface area contributed by atoms with E-state index >= 15 is 0 Å². The van der Waals surface area contributed by atoms with Crippen LogP contribution in [0, 0.1) is 5.92 Å². The van der Waals surface area contributed by atoms with Crippen molar-refractivity contribution in [1.29, 1.82) is 0 Å². The molecule has 2 heterocycles. The second kappa shape index (κ2) is 7.08. The molecule has 5 heteroatoms. The molecule has 1 aliphatic rings. The van der Waals surface area contributed by atoms with Gasteiger partial charge in [0.05, 0.1) is 5.92 Å². The number of aromatic amines is 1. The van der Waals surface area contributed by atoms with Crippen molar-refractivity contribution in [2.45, 2.75) is 19.3 Å². The zero-order chi connectivity index (χ0) is 18.1. The van der Waals surface area contributed by atoms with E-state index in [2.05, 4.69) is 27.0 Å². The lowest BCUT2D eigenvalue weighted by Crippen LogP contribution is -2.32. The van der Waals surface area contributed by atoms with Gasteiger partial charge in [-0.25, -0.2) is 0 Å². The number of amides is 2. The van der Waals surface area contributed by atoms with E-state index in [9.17, 15) is 9.59 Å². The number of likely N-dealkylation sites (tertiary alicyclic amines) is 1. The second-order valence-corrected chi connectivity index (χ2v) is 7.64. The Hall–Kier alpha value is -2.40. The van der Waals surface area contributed by atoms with Crippen LogP contribution in [0.5, 0.6) is 0 Å². The number of rotatable bonds is 5. The van der Waals surface area contributed by atoms with Crippen molar-refractivity contribution in [3.05, 3.63) is 70.3 Å². The van der Waals surface area contributed by atoms with Gasteiger partial charge in [-0.15, -0.1) is 0 Å². The third-order valence-corrected chi connectivity index (χ3v) is 5.49. The Balaban J connectivity index is 1.45. The minimum atomic E-state index is -0.234. The maximum atomic E-state index is 12.7. The first-order chi connectivity index (χ1) is 12.6. The van der Waals surface area contributed by atoms with E-state index in [4.69, 9.17) is 0 Å². The third kappa shape index (κ3) is 3.31. The molecular formula is C21H19BrN2O2. The minimum Gasteiger partial charge on any atom is -0.361 e. The van der Waals surface area contributed by atoms with Crippen LogP contribution in [-0.4, -0.2) is 28.2 Å². The van der Waals surface area contributed by atoms with Crippen molar-refractivity contribution in [2.75, 3.05) is 6.54 Å². The van der Waals surface area contributed by atoms with Crippen molar-refractivity contribution in [2.24, 2.45) is 5.92 Å². The molecule has 0 bridgehead atoms. The smallest absolute Gasteiger partial charge is 0.233 e. The number of carbonyl (C=O) groups excluding carboxylic acids is 2. The zero-order valence-electron chi connectivity index (χ0n) is 14.2. The fraction of sp³-hybridized carbons (Fsp3) is 0.238. The van der Waals surface area contributed by atoms with Crippen molar-refractivity contribution in [1.82, 2.24) is 9.88 Å². The summed E-state index contributed by atoms with van der Waals surface area (Å²) in [5.41, 5.74) is 3.28. The lowest BCUT2D eigenvalue weighted by molar-refractivity contribution is -0.139. The van der Waals surface area contributed by atoms with Gasteiger partial charge in [-0.3, -0.25) is 14.5 Å². The average Bonchev–Trinajstić information content (AvgIpc) is 3.15. The fourth-order valence-electron chi connectivity index (χ4n) is 3.63. The van der Waals surface area contributed by atoms with Crippen molar-refractivity contribution in [3.8, 4) is 0 Å². The molecule has 2 aromatic carbocycles. The van der Waals surface area contributed by atoms with Gasteiger partial charge in [0.25, 0.3) is 0 Å². The molecule has 0 aliphatic carbocycles. The number of imide groups is 1. The Kier molecular flexibility index (Phi) is 4.64. The molecule has 132 valence electrons. The zero-order valence-corrected chi connectivity index (χ0v) is 15.8. The molecular weight excluding hydrogens is 392 g/mol. The van der Waals surface area contributed by atoms with E-state index in [1.807, 2.05) is 48.7 Å². The molecule has 0 radical (unpaired) electrons. The van der Waals surface area contributed by atoms with Gasteiger partial charge in [0.15, 0.2) is 0 Å². The fourth-order valence-corrected chi connectivity index (χ4v) is 4.00. The number of benzene rings is 2. The van der Waals surface area contributed by atoms with Crippen LogP contribution in [0.4, 0.5) is 0 Å². The monoisotopic (exact) mass is 410 g/mol. The molecule has 4 nitrogen and oxygen atoms in total. The molecule has 1 atom stereocenters. The quantitative estimate of drug-likeness (QED) is 0.643. The molecule has 26 heavy (non-hydrogen) atoms. The van der Waals surface area contributed by atoms with Crippen LogP contribution in [0.15, 0.2) is 59.2 Å². The number of nitrogens with one attached hydrogen (secondary N) is 1. The van der Waals surface area contributed by atoms with Crippen molar-refractivity contribution < 1.29 is 9.59 Å². The normalized spacial score (nSPS) is 17.4. The van der Waals surface area contributed by atoms with Crippen LogP contribution in [0.2, 0.25) is 0 Å². The molecule has 1 unspecified atom stereocenters. The summed E-state index contributed by atoms with van der Waals surface area (Å²) in [7, 11) is 0. The van der Waals surface area contributed by atoms with Gasteiger partial charge < -0.3 is 4.98 Å². The van der Waals surface area contributed by atoms with Gasteiger partial charge in [-0.1, -0.05) is 46.3 Å². The number of hydrogen-bond donors (Lipinski definition) is 1. The predicted molar refractivity (Wildman–Crippen MR) is 105 cm³/mol. The van der Waals surface area contributed by atoms with Crippen LogP contribution in [0.25, 0.3) is 10.9 Å². The Morgan fingerprint density at radius 1 is 1.12 bits per heavy atom. The number of carbonyl (C=O) groups is 2. The maximum absolute atomic E-state index is 12.7. The number of fused-ring (bicyclic) bond motifs is 1. The molecule has 2 amide bonds. The van der Waals surface area contributed by atoms with Gasteiger partial charge >= 0.3 is 0 Å².